The molecule has 8 nitrogen and oxygen atoms in total. The van der Waals surface area contributed by atoms with Crippen LogP contribution in [0.1, 0.15) is 11.1 Å². The molecule has 0 atom stereocenters. The lowest BCUT2D eigenvalue weighted by atomic mass is 10.0. The fourth-order valence-electron chi connectivity index (χ4n) is 2.22. The van der Waals surface area contributed by atoms with E-state index in [2.05, 4.69) is 0 Å². The van der Waals surface area contributed by atoms with Crippen LogP contribution in [0.4, 0.5) is 11.4 Å². The van der Waals surface area contributed by atoms with E-state index in [0.29, 0.717) is 0 Å². The molecule has 29 heavy (non-hydrogen) atoms. The maximum Gasteiger partial charge on any atom is 0.250 e. The number of nitrogens with two attached hydrogens (primary N) is 2. The molecule has 0 bridgehead atoms. The van der Waals surface area contributed by atoms with Crippen LogP contribution >= 0.6 is 0 Å². The van der Waals surface area contributed by atoms with Crippen LogP contribution in [0.5, 0.6) is 0 Å². The van der Waals surface area contributed by atoms with Crippen molar-refractivity contribution in [3.8, 4) is 0 Å². The summed E-state index contributed by atoms with van der Waals surface area (Å²) in [6.07, 6.45) is 5.70. The highest BCUT2D eigenvalue weighted by molar-refractivity contribution is 6.13. The van der Waals surface area contributed by atoms with Crippen molar-refractivity contribution in [1.29, 1.82) is 0 Å². The Bertz CT molecular complexity index is 850. The van der Waals surface area contributed by atoms with Gasteiger partial charge in [0, 0.05) is 35.7 Å². The topological polar surface area (TPSA) is 144 Å². The van der Waals surface area contributed by atoms with Crippen molar-refractivity contribution < 1.29 is 19.2 Å². The molecule has 8 heteroatoms. The molecule has 2 heterocycles. The molecule has 0 aliphatic carbocycles. The predicted octanol–water partition coefficient (Wildman–Crippen LogP) is 0.840. The molecule has 6 N–H and O–H groups in total. The van der Waals surface area contributed by atoms with E-state index in [-0.39, 0.29) is 23.6 Å². The summed E-state index contributed by atoms with van der Waals surface area (Å²) in [4.78, 5) is 40.1. The molecule has 0 saturated carbocycles. The number of rotatable bonds is 2. The van der Waals surface area contributed by atoms with E-state index in [9.17, 15) is 19.2 Å². The molecule has 2 aromatic rings. The summed E-state index contributed by atoms with van der Waals surface area (Å²) >= 11 is 0. The smallest absolute Gasteiger partial charge is 0.250 e. The average molecular weight is 392 g/mol. The van der Waals surface area contributed by atoms with Gasteiger partial charge < -0.3 is 11.5 Å². The van der Waals surface area contributed by atoms with Crippen molar-refractivity contribution in [2.24, 2.45) is 0 Å². The lowest BCUT2D eigenvalue weighted by Crippen LogP contribution is -2.19. The van der Waals surface area contributed by atoms with Crippen LogP contribution in [-0.2, 0) is 25.6 Å². The number of nitrogen functional groups attached to an aromatic ring is 2. The van der Waals surface area contributed by atoms with Crippen molar-refractivity contribution in [3.63, 3.8) is 0 Å². The quantitative estimate of drug-likeness (QED) is 0.440. The minimum atomic E-state index is -0.329. The number of benzene rings is 2. The fourth-order valence-corrected chi connectivity index (χ4v) is 2.22. The number of amides is 4. The first kappa shape index (κ1) is 21.1. The summed E-state index contributed by atoms with van der Waals surface area (Å²) in [6, 6.07) is 15.9. The van der Waals surface area contributed by atoms with E-state index in [4.69, 9.17) is 11.5 Å². The molecule has 0 aromatic heterocycles. The van der Waals surface area contributed by atoms with Gasteiger partial charge in [-0.05, 0) is 41.8 Å². The van der Waals surface area contributed by atoms with Gasteiger partial charge in [-0.3, -0.25) is 29.8 Å². The van der Waals surface area contributed by atoms with Crippen LogP contribution < -0.4 is 22.1 Å². The minimum Gasteiger partial charge on any atom is -0.399 e. The third kappa shape index (κ3) is 7.92. The maximum atomic E-state index is 10.0. The number of nitrogens with one attached hydrogen (secondary N) is 2. The second kappa shape index (κ2) is 10.2. The first-order valence-corrected chi connectivity index (χ1v) is 8.57. The van der Waals surface area contributed by atoms with Gasteiger partial charge in [0.05, 0.1) is 0 Å². The Morgan fingerprint density at radius 3 is 1.00 bits per heavy atom. The molecule has 2 aliphatic heterocycles. The van der Waals surface area contributed by atoms with Crippen molar-refractivity contribution in [2.45, 2.75) is 6.42 Å². The second-order valence-corrected chi connectivity index (χ2v) is 6.03. The van der Waals surface area contributed by atoms with Gasteiger partial charge in [-0.1, -0.05) is 24.3 Å². The monoisotopic (exact) mass is 392 g/mol. The number of anilines is 2. The summed E-state index contributed by atoms with van der Waals surface area (Å²) in [5.74, 6) is -1.31. The van der Waals surface area contributed by atoms with Gasteiger partial charge in [0.1, 0.15) is 0 Å². The zero-order valence-corrected chi connectivity index (χ0v) is 15.4. The SMILES string of the molecule is Nc1ccc(Cc2ccc(N)cc2)cc1.O=C1C=CC(=O)N1.O=C1C=CC(=O)N1. The lowest BCUT2D eigenvalue weighted by molar-refractivity contribution is -0.125. The van der Waals surface area contributed by atoms with Crippen LogP contribution in [0.25, 0.3) is 0 Å². The second-order valence-electron chi connectivity index (χ2n) is 6.03. The Morgan fingerprint density at radius 1 is 0.517 bits per heavy atom. The van der Waals surface area contributed by atoms with Gasteiger partial charge in [0.15, 0.2) is 0 Å². The van der Waals surface area contributed by atoms with Gasteiger partial charge in [-0.2, -0.15) is 0 Å². The van der Waals surface area contributed by atoms with Gasteiger partial charge in [-0.15, -0.1) is 0 Å². The van der Waals surface area contributed by atoms with Crippen molar-refractivity contribution in [1.82, 2.24) is 10.6 Å². The standard InChI is InChI=1S/C13H14N2.2C4H3NO2/c14-12-5-1-10(2-6-12)9-11-3-7-13(15)8-4-11;2*6-3-1-2-4(7)5-3/h1-8H,9,14-15H2;2*1-2H,(H,5,6,7). The third-order valence-electron chi connectivity index (χ3n) is 3.63. The molecule has 2 aliphatic rings. The highest BCUT2D eigenvalue weighted by atomic mass is 16.2. The Balaban J connectivity index is 0.000000178. The zero-order valence-electron chi connectivity index (χ0n) is 15.4. The van der Waals surface area contributed by atoms with Gasteiger partial charge in [-0.25, -0.2) is 0 Å². The molecule has 0 fully saturated rings. The Morgan fingerprint density at radius 2 is 0.793 bits per heavy atom. The largest absolute Gasteiger partial charge is 0.399 e. The molecule has 0 saturated heterocycles. The van der Waals surface area contributed by atoms with E-state index in [1.165, 1.54) is 35.4 Å². The molecule has 4 amide bonds. The number of hydrogen-bond donors (Lipinski definition) is 4. The fraction of sp³-hybridized carbons (Fsp3) is 0.0476. The number of carbonyl (C=O) groups excluding carboxylic acids is 4. The lowest BCUT2D eigenvalue weighted by Gasteiger charge is -2.02. The summed E-state index contributed by atoms with van der Waals surface area (Å²) in [7, 11) is 0. The van der Waals surface area contributed by atoms with Crippen molar-refractivity contribution in [2.75, 3.05) is 11.5 Å². The van der Waals surface area contributed by atoms with Gasteiger partial charge >= 0.3 is 0 Å². The highest BCUT2D eigenvalue weighted by Gasteiger charge is 2.07. The molecule has 4 rings (SSSR count). The van der Waals surface area contributed by atoms with E-state index in [1.807, 2.05) is 59.2 Å². The number of carbonyl (C=O) groups is 4. The summed E-state index contributed by atoms with van der Waals surface area (Å²) in [5, 5.41) is 4.06. The molecule has 148 valence electrons. The van der Waals surface area contributed by atoms with Crippen LogP contribution in [0.3, 0.4) is 0 Å². The van der Waals surface area contributed by atoms with Crippen LogP contribution in [0.2, 0.25) is 0 Å². The van der Waals surface area contributed by atoms with Gasteiger partial charge in [0.25, 0.3) is 23.6 Å². The minimum absolute atomic E-state index is 0.329. The zero-order chi connectivity index (χ0) is 21.2. The highest BCUT2D eigenvalue weighted by Crippen LogP contribution is 2.13. The van der Waals surface area contributed by atoms with E-state index < -0.39 is 0 Å². The van der Waals surface area contributed by atoms with E-state index >= 15 is 0 Å². The van der Waals surface area contributed by atoms with Crippen molar-refractivity contribution >= 4 is 35.0 Å². The van der Waals surface area contributed by atoms with Crippen LogP contribution in [-0.4, -0.2) is 23.6 Å². The first-order valence-electron chi connectivity index (χ1n) is 8.57. The third-order valence-corrected chi connectivity index (χ3v) is 3.63. The number of hydrogen-bond acceptors (Lipinski definition) is 6. The number of imide groups is 2. The molecule has 2 aromatic carbocycles. The summed E-state index contributed by atoms with van der Waals surface area (Å²) in [6.45, 7) is 0. The summed E-state index contributed by atoms with van der Waals surface area (Å²) in [5.41, 5.74) is 15.4. The Kier molecular flexibility index (Phi) is 7.43. The summed E-state index contributed by atoms with van der Waals surface area (Å²) < 4.78 is 0. The average Bonchev–Trinajstić information content (AvgIpc) is 3.26. The predicted molar refractivity (Wildman–Crippen MR) is 109 cm³/mol. The van der Waals surface area contributed by atoms with Crippen LogP contribution in [0, 0.1) is 0 Å². The van der Waals surface area contributed by atoms with Crippen molar-refractivity contribution in [3.05, 3.63) is 84.0 Å². The molecular weight excluding hydrogens is 372 g/mol. The maximum absolute atomic E-state index is 10.0. The molecular formula is C21H20N4O4. The Labute approximate surface area is 167 Å². The normalized spacial score (nSPS) is 13.8. The molecule has 0 spiro atoms. The first-order chi connectivity index (χ1) is 13.8. The Hall–Kier alpha value is -4.20. The van der Waals surface area contributed by atoms with Gasteiger partial charge in [0.2, 0.25) is 0 Å². The van der Waals surface area contributed by atoms with E-state index in [1.54, 1.807) is 0 Å². The molecule has 0 radical (unpaired) electrons. The molecule has 0 unspecified atom stereocenters. The van der Waals surface area contributed by atoms with E-state index in [0.717, 1.165) is 17.8 Å². The van der Waals surface area contributed by atoms with Crippen LogP contribution in [0.15, 0.2) is 72.8 Å².